The Hall–Kier alpha value is -1.94. The van der Waals surface area contributed by atoms with Crippen LogP contribution in [0, 0.1) is 5.41 Å². The van der Waals surface area contributed by atoms with Crippen molar-refractivity contribution in [2.24, 2.45) is 5.41 Å². The van der Waals surface area contributed by atoms with Crippen LogP contribution in [0.1, 0.15) is 94.1 Å². The van der Waals surface area contributed by atoms with Crippen LogP contribution >= 0.6 is 0 Å². The molecule has 0 amide bonds. The minimum absolute atomic E-state index is 0.0919. The highest BCUT2D eigenvalue weighted by molar-refractivity contribution is 7.87. The predicted molar refractivity (Wildman–Crippen MR) is 162 cm³/mol. The summed E-state index contributed by atoms with van der Waals surface area (Å²) in [4.78, 5) is 0. The van der Waals surface area contributed by atoms with Gasteiger partial charge in [-0.05, 0) is 74.0 Å². The molecule has 0 saturated heterocycles. The van der Waals surface area contributed by atoms with Crippen molar-refractivity contribution in [2.75, 3.05) is 7.11 Å². The van der Waals surface area contributed by atoms with E-state index < -0.39 is 34.7 Å². The zero-order valence-electron chi connectivity index (χ0n) is 26.5. The second-order valence-corrected chi connectivity index (χ2v) is 20.7. The van der Waals surface area contributed by atoms with E-state index in [1.807, 2.05) is 27.7 Å². The second-order valence-electron chi connectivity index (χ2n) is 13.3. The lowest BCUT2D eigenvalue weighted by Gasteiger charge is -2.42. The summed E-state index contributed by atoms with van der Waals surface area (Å²) in [7, 11) is -6.32. The van der Waals surface area contributed by atoms with E-state index in [0.29, 0.717) is 52.1 Å². The first-order valence-electron chi connectivity index (χ1n) is 14.4. The number of benzene rings is 1. The highest BCUT2D eigenvalue weighted by Gasteiger charge is 2.50. The molecule has 1 aliphatic rings. The Morgan fingerprint density at radius 1 is 1.02 bits per heavy atom. The van der Waals surface area contributed by atoms with Crippen LogP contribution in [0.4, 0.5) is 13.2 Å². The molecule has 234 valence electrons. The lowest BCUT2D eigenvalue weighted by atomic mass is 9.71. The van der Waals surface area contributed by atoms with Crippen molar-refractivity contribution >= 4 is 18.2 Å². The molecule has 0 saturated carbocycles. The third kappa shape index (κ3) is 8.12. The van der Waals surface area contributed by atoms with Crippen LogP contribution in [-0.4, -0.2) is 34.7 Å². The van der Waals surface area contributed by atoms with E-state index in [1.54, 1.807) is 18.2 Å². The Morgan fingerprint density at radius 2 is 1.59 bits per heavy atom. The summed E-state index contributed by atoms with van der Waals surface area (Å²) in [5, 5.41) is 0. The van der Waals surface area contributed by atoms with Gasteiger partial charge in [0.15, 0.2) is 0 Å². The molecule has 0 spiro atoms. The normalized spacial score (nSPS) is 19.5. The summed E-state index contributed by atoms with van der Waals surface area (Å²) >= 11 is 0. The molecule has 41 heavy (non-hydrogen) atoms. The SMILES string of the molecule is COc1ccc(OC(C)(C)C)c(CC2=C(OS(=O)(=O)C(F)(F)F)CCC[C@]2(C)/C=C/[Si](C(C)C)(C(C)C)C(C)C)c1. The molecule has 0 aliphatic heterocycles. The van der Waals surface area contributed by atoms with E-state index in [1.165, 1.54) is 7.11 Å². The monoisotopic (exact) mass is 618 g/mol. The highest BCUT2D eigenvalue weighted by atomic mass is 32.2. The van der Waals surface area contributed by atoms with Gasteiger partial charge < -0.3 is 13.7 Å². The van der Waals surface area contributed by atoms with Crippen molar-refractivity contribution in [1.29, 1.82) is 0 Å². The zero-order chi connectivity index (χ0) is 31.6. The molecule has 1 aliphatic carbocycles. The molecule has 1 atom stereocenters. The van der Waals surface area contributed by atoms with Crippen LogP contribution in [-0.2, 0) is 20.7 Å². The topological polar surface area (TPSA) is 61.8 Å². The smallest absolute Gasteiger partial charge is 0.497 e. The third-order valence-corrected chi connectivity index (χ3v) is 16.1. The van der Waals surface area contributed by atoms with Gasteiger partial charge in [0.2, 0.25) is 0 Å². The maximum absolute atomic E-state index is 13.5. The predicted octanol–water partition coefficient (Wildman–Crippen LogP) is 9.50. The Labute approximate surface area is 246 Å². The average Bonchev–Trinajstić information content (AvgIpc) is 2.80. The molecule has 0 bridgehead atoms. The molecule has 0 unspecified atom stereocenters. The molecule has 1 aromatic carbocycles. The van der Waals surface area contributed by atoms with Crippen molar-refractivity contribution in [3.8, 4) is 11.5 Å². The first-order valence-corrected chi connectivity index (χ1v) is 18.1. The largest absolute Gasteiger partial charge is 0.534 e. The van der Waals surface area contributed by atoms with Crippen LogP contribution in [0.3, 0.4) is 0 Å². The van der Waals surface area contributed by atoms with Gasteiger partial charge in [-0.3, -0.25) is 0 Å². The quantitative estimate of drug-likeness (QED) is 0.140. The maximum Gasteiger partial charge on any atom is 0.534 e. The molecule has 0 fully saturated rings. The first-order chi connectivity index (χ1) is 18.6. The summed E-state index contributed by atoms with van der Waals surface area (Å²) in [5.41, 5.74) is -1.94. The minimum Gasteiger partial charge on any atom is -0.497 e. The molecule has 0 radical (unpaired) electrons. The molecule has 0 N–H and O–H groups in total. The number of alkyl halides is 3. The molecule has 0 aromatic heterocycles. The summed E-state index contributed by atoms with van der Waals surface area (Å²) in [6.45, 7) is 21.2. The molecule has 1 aromatic rings. The lowest BCUT2D eigenvalue weighted by molar-refractivity contribution is -0.0526. The van der Waals surface area contributed by atoms with Crippen LogP contribution in [0.5, 0.6) is 11.5 Å². The minimum atomic E-state index is -5.84. The Bertz CT molecular complexity index is 1210. The lowest BCUT2D eigenvalue weighted by Crippen LogP contribution is -2.43. The summed E-state index contributed by atoms with van der Waals surface area (Å²) in [5.74, 6) is 0.971. The van der Waals surface area contributed by atoms with E-state index in [-0.39, 0.29) is 18.6 Å². The maximum atomic E-state index is 13.5. The van der Waals surface area contributed by atoms with Gasteiger partial charge in [-0.2, -0.15) is 21.6 Å². The number of rotatable bonds is 11. The van der Waals surface area contributed by atoms with Crippen molar-refractivity contribution in [3.05, 3.63) is 46.9 Å². The standard InChI is InChI=1S/C31H49F3O5SSi/c1-21(2)41(22(3)4,23(5)6)18-17-30(10)16-12-13-28(39-40(35,36)31(32,33)34)26(30)20-24-19-25(37-11)14-15-27(24)38-29(7,8)9/h14-15,17-19,21-23H,12-13,16,20H2,1-11H3/b18-17+/t30-/m1/s1. The summed E-state index contributed by atoms with van der Waals surface area (Å²) in [6.07, 6.45) is 3.52. The van der Waals surface area contributed by atoms with Crippen LogP contribution in [0.25, 0.3) is 0 Å². The number of allylic oxidation sites excluding steroid dienone is 3. The van der Waals surface area contributed by atoms with Crippen molar-refractivity contribution < 1.29 is 35.2 Å². The second kappa shape index (κ2) is 12.7. The number of methoxy groups -OCH3 is 1. The van der Waals surface area contributed by atoms with Crippen molar-refractivity contribution in [1.82, 2.24) is 0 Å². The van der Waals surface area contributed by atoms with E-state index in [4.69, 9.17) is 13.7 Å². The number of halogens is 3. The van der Waals surface area contributed by atoms with E-state index in [0.717, 1.165) is 0 Å². The Balaban J connectivity index is 2.83. The fourth-order valence-electron chi connectivity index (χ4n) is 6.34. The van der Waals surface area contributed by atoms with Gasteiger partial charge in [0.05, 0.1) is 15.2 Å². The Morgan fingerprint density at radius 3 is 2.05 bits per heavy atom. The Kier molecular flexibility index (Phi) is 11.0. The van der Waals surface area contributed by atoms with Gasteiger partial charge in [0.1, 0.15) is 22.9 Å². The van der Waals surface area contributed by atoms with Gasteiger partial charge in [0.25, 0.3) is 0 Å². The van der Waals surface area contributed by atoms with Gasteiger partial charge in [-0.1, -0.05) is 60.2 Å². The van der Waals surface area contributed by atoms with Gasteiger partial charge >= 0.3 is 15.6 Å². The number of hydrogen-bond acceptors (Lipinski definition) is 5. The summed E-state index contributed by atoms with van der Waals surface area (Å²) < 4.78 is 81.5. The number of hydrogen-bond donors (Lipinski definition) is 0. The van der Waals surface area contributed by atoms with Gasteiger partial charge in [-0.15, -0.1) is 0 Å². The van der Waals surface area contributed by atoms with E-state index in [9.17, 15) is 21.6 Å². The fourth-order valence-corrected chi connectivity index (χ4v) is 12.7. The molecule has 0 heterocycles. The van der Waals surface area contributed by atoms with E-state index in [2.05, 4.69) is 53.3 Å². The van der Waals surface area contributed by atoms with Crippen LogP contribution < -0.4 is 9.47 Å². The molecule has 10 heteroatoms. The van der Waals surface area contributed by atoms with Gasteiger partial charge in [0, 0.05) is 23.8 Å². The molecular weight excluding hydrogens is 569 g/mol. The van der Waals surface area contributed by atoms with Gasteiger partial charge in [-0.25, -0.2) is 0 Å². The van der Waals surface area contributed by atoms with Crippen molar-refractivity contribution in [3.63, 3.8) is 0 Å². The molecule has 2 rings (SSSR count). The van der Waals surface area contributed by atoms with E-state index >= 15 is 0 Å². The fraction of sp³-hybridized carbons (Fsp3) is 0.677. The first kappa shape index (κ1) is 35.3. The van der Waals surface area contributed by atoms with Crippen LogP contribution in [0.15, 0.2) is 41.3 Å². The number of ether oxygens (including phenoxy) is 2. The molecular formula is C31H49F3O5SSi. The van der Waals surface area contributed by atoms with Crippen molar-refractivity contribution in [2.45, 2.75) is 123 Å². The third-order valence-electron chi connectivity index (χ3n) is 8.41. The average molecular weight is 619 g/mol. The summed E-state index contributed by atoms with van der Waals surface area (Å²) in [6, 6.07) is 5.33. The molecule has 5 nitrogen and oxygen atoms in total. The zero-order valence-corrected chi connectivity index (χ0v) is 28.3. The highest BCUT2D eigenvalue weighted by Crippen LogP contribution is 2.49. The van der Waals surface area contributed by atoms with Crippen LogP contribution in [0.2, 0.25) is 16.6 Å².